The molecule has 1 amide bonds. The number of aromatic nitrogens is 1. The van der Waals surface area contributed by atoms with Crippen LogP contribution >= 0.6 is 22.9 Å². The van der Waals surface area contributed by atoms with Gasteiger partial charge in [0.1, 0.15) is 10.8 Å². The van der Waals surface area contributed by atoms with E-state index in [9.17, 15) is 13.6 Å². The molecule has 1 aromatic heterocycles. The van der Waals surface area contributed by atoms with Gasteiger partial charge < -0.3 is 9.64 Å². The molecular weight excluding hydrogens is 418 g/mol. The fraction of sp³-hybridized carbons (Fsp3) is 0.524. The summed E-state index contributed by atoms with van der Waals surface area (Å²) in [5, 5.41) is 0.936. The quantitative estimate of drug-likeness (QED) is 0.479. The number of ether oxygens (including phenoxy) is 1. The van der Waals surface area contributed by atoms with Crippen LogP contribution in [0.4, 0.5) is 8.78 Å². The highest BCUT2D eigenvalue weighted by molar-refractivity contribution is 7.15. The maximum absolute atomic E-state index is 13.3. The zero-order valence-corrected chi connectivity index (χ0v) is 17.6. The molecule has 0 bridgehead atoms. The predicted octanol–water partition coefficient (Wildman–Crippen LogP) is 4.79. The highest BCUT2D eigenvalue weighted by atomic mass is 35.5. The van der Waals surface area contributed by atoms with Crippen LogP contribution in [0.5, 0.6) is 5.75 Å². The first-order chi connectivity index (χ1) is 13.9. The first-order valence-corrected chi connectivity index (χ1v) is 11.2. The molecule has 1 aliphatic carbocycles. The van der Waals surface area contributed by atoms with Gasteiger partial charge in [-0.25, -0.2) is 13.8 Å². The lowest BCUT2D eigenvalue weighted by Crippen LogP contribution is -2.45. The van der Waals surface area contributed by atoms with Gasteiger partial charge in [-0.1, -0.05) is 0 Å². The Morgan fingerprint density at radius 2 is 1.97 bits per heavy atom. The van der Waals surface area contributed by atoms with E-state index in [1.165, 1.54) is 0 Å². The van der Waals surface area contributed by atoms with Crippen LogP contribution in [-0.2, 0) is 17.6 Å². The second-order valence-corrected chi connectivity index (χ2v) is 9.05. The first kappa shape index (κ1) is 20.5. The van der Waals surface area contributed by atoms with Crippen molar-refractivity contribution in [2.45, 2.75) is 38.0 Å². The number of hydrogen-bond donors (Lipinski definition) is 0. The number of thiazole rings is 1. The largest absolute Gasteiger partial charge is 0.494 e. The predicted molar refractivity (Wildman–Crippen MR) is 110 cm³/mol. The minimum Gasteiger partial charge on any atom is -0.494 e. The molecule has 156 valence electrons. The van der Waals surface area contributed by atoms with Gasteiger partial charge in [-0.15, -0.1) is 22.9 Å². The fourth-order valence-electron chi connectivity index (χ4n) is 3.78. The van der Waals surface area contributed by atoms with E-state index in [1.807, 2.05) is 24.3 Å². The van der Waals surface area contributed by atoms with E-state index in [-0.39, 0.29) is 37.8 Å². The number of carbonyl (C=O) groups is 1. The lowest BCUT2D eigenvalue weighted by atomic mass is 10.0. The summed E-state index contributed by atoms with van der Waals surface area (Å²) in [5.74, 6) is -1.42. The van der Waals surface area contributed by atoms with Gasteiger partial charge in [0, 0.05) is 54.6 Å². The van der Waals surface area contributed by atoms with Gasteiger partial charge in [0.15, 0.2) is 0 Å². The van der Waals surface area contributed by atoms with Crippen LogP contribution in [0, 0.1) is 5.92 Å². The molecule has 4 nitrogen and oxygen atoms in total. The third kappa shape index (κ3) is 4.72. The second-order valence-electron chi connectivity index (χ2n) is 7.59. The van der Waals surface area contributed by atoms with Gasteiger partial charge in [0.2, 0.25) is 5.91 Å². The number of likely N-dealkylation sites (tertiary alicyclic amines) is 1. The number of nitrogens with zero attached hydrogens (tertiary/aromatic N) is 2. The molecule has 1 fully saturated rings. The van der Waals surface area contributed by atoms with Crippen LogP contribution in [0.25, 0.3) is 10.6 Å². The van der Waals surface area contributed by atoms with E-state index in [0.29, 0.717) is 25.3 Å². The summed E-state index contributed by atoms with van der Waals surface area (Å²) in [5.41, 5.74) is 1.99. The molecule has 0 saturated carbocycles. The average molecular weight is 441 g/mol. The summed E-state index contributed by atoms with van der Waals surface area (Å²) < 4.78 is 32.3. The molecule has 8 heteroatoms. The zero-order valence-electron chi connectivity index (χ0n) is 16.0. The number of alkyl halides is 3. The molecule has 2 heterocycles. The van der Waals surface area contributed by atoms with Crippen LogP contribution in [0.15, 0.2) is 24.3 Å². The highest BCUT2D eigenvalue weighted by Gasteiger charge is 2.39. The number of rotatable bonds is 6. The van der Waals surface area contributed by atoms with Crippen LogP contribution in [0.1, 0.15) is 29.8 Å². The molecule has 0 spiro atoms. The lowest BCUT2D eigenvalue weighted by Gasteiger charge is -2.33. The van der Waals surface area contributed by atoms with E-state index in [2.05, 4.69) is 0 Å². The van der Waals surface area contributed by atoms with Gasteiger partial charge in [-0.3, -0.25) is 4.79 Å². The standard InChI is InChI=1S/C21H23ClF2N2O2S/c22-8-1-11-28-16-4-2-14(3-5-16)19-25-17-12-15(13-18(17)29-19)20(27)26-9-6-21(23,24)7-10-26/h2-5,15H,1,6-13H2. The summed E-state index contributed by atoms with van der Waals surface area (Å²) in [6, 6.07) is 7.82. The molecule has 0 radical (unpaired) electrons. The molecular formula is C21H23ClF2N2O2S. The summed E-state index contributed by atoms with van der Waals surface area (Å²) in [6.45, 7) is 0.889. The van der Waals surface area contributed by atoms with Crippen molar-refractivity contribution in [1.29, 1.82) is 0 Å². The van der Waals surface area contributed by atoms with Gasteiger partial charge in [0.25, 0.3) is 5.92 Å². The van der Waals surface area contributed by atoms with E-state index < -0.39 is 5.92 Å². The Bertz CT molecular complexity index is 839. The average Bonchev–Trinajstić information content (AvgIpc) is 3.27. The fourth-order valence-corrected chi connectivity index (χ4v) is 5.06. The van der Waals surface area contributed by atoms with E-state index in [0.717, 1.165) is 33.3 Å². The van der Waals surface area contributed by atoms with Crippen molar-refractivity contribution in [3.63, 3.8) is 0 Å². The van der Waals surface area contributed by atoms with Crippen molar-refractivity contribution in [2.24, 2.45) is 5.92 Å². The van der Waals surface area contributed by atoms with Crippen molar-refractivity contribution in [3.05, 3.63) is 34.8 Å². The molecule has 2 aromatic rings. The number of halogens is 3. The van der Waals surface area contributed by atoms with Crippen molar-refractivity contribution in [3.8, 4) is 16.3 Å². The third-order valence-corrected chi connectivity index (χ3v) is 6.89. The van der Waals surface area contributed by atoms with E-state index in [1.54, 1.807) is 16.2 Å². The number of fused-ring (bicyclic) bond motifs is 1. The summed E-state index contributed by atoms with van der Waals surface area (Å²) in [7, 11) is 0. The normalized spacial score (nSPS) is 20.5. The Morgan fingerprint density at radius 3 is 2.62 bits per heavy atom. The Kier molecular flexibility index (Phi) is 6.06. The summed E-state index contributed by atoms with van der Waals surface area (Å²) >= 11 is 7.26. The smallest absolute Gasteiger partial charge is 0.251 e. The zero-order chi connectivity index (χ0) is 20.4. The van der Waals surface area contributed by atoms with Gasteiger partial charge in [0.05, 0.1) is 12.3 Å². The second kappa shape index (κ2) is 8.56. The van der Waals surface area contributed by atoms with Gasteiger partial charge in [-0.2, -0.15) is 0 Å². The molecule has 1 saturated heterocycles. The van der Waals surface area contributed by atoms with Crippen LogP contribution in [-0.4, -0.2) is 47.3 Å². The first-order valence-electron chi connectivity index (χ1n) is 9.89. The molecule has 1 aliphatic heterocycles. The van der Waals surface area contributed by atoms with Crippen molar-refractivity contribution in [2.75, 3.05) is 25.6 Å². The van der Waals surface area contributed by atoms with Gasteiger partial charge >= 0.3 is 0 Å². The van der Waals surface area contributed by atoms with Gasteiger partial charge in [-0.05, 0) is 37.1 Å². The molecule has 1 unspecified atom stereocenters. The Morgan fingerprint density at radius 1 is 1.24 bits per heavy atom. The number of piperidine rings is 1. The molecule has 2 aliphatic rings. The monoisotopic (exact) mass is 440 g/mol. The Balaban J connectivity index is 1.36. The highest BCUT2D eigenvalue weighted by Crippen LogP contribution is 2.37. The summed E-state index contributed by atoms with van der Waals surface area (Å²) in [4.78, 5) is 20.2. The van der Waals surface area contributed by atoms with Crippen LogP contribution < -0.4 is 4.74 Å². The van der Waals surface area contributed by atoms with Crippen molar-refractivity contribution in [1.82, 2.24) is 9.88 Å². The molecule has 0 N–H and O–H groups in total. The minimum atomic E-state index is -2.63. The lowest BCUT2D eigenvalue weighted by molar-refractivity contribution is -0.141. The minimum absolute atomic E-state index is 0.00861. The van der Waals surface area contributed by atoms with E-state index >= 15 is 0 Å². The summed E-state index contributed by atoms with van der Waals surface area (Å²) in [6.07, 6.45) is 1.58. The Labute approximate surface area is 177 Å². The molecule has 29 heavy (non-hydrogen) atoms. The third-order valence-electron chi connectivity index (χ3n) is 5.45. The van der Waals surface area contributed by atoms with E-state index in [4.69, 9.17) is 21.3 Å². The number of hydrogen-bond acceptors (Lipinski definition) is 4. The van der Waals surface area contributed by atoms with Crippen molar-refractivity contribution >= 4 is 28.8 Å². The SMILES string of the molecule is O=C(C1Cc2nc(-c3ccc(OCCCCl)cc3)sc2C1)N1CCC(F)(F)CC1. The maximum Gasteiger partial charge on any atom is 0.251 e. The van der Waals surface area contributed by atoms with Crippen LogP contribution in [0.3, 0.4) is 0 Å². The number of amides is 1. The molecule has 1 atom stereocenters. The molecule has 4 rings (SSSR count). The molecule has 1 aromatic carbocycles. The number of benzene rings is 1. The maximum atomic E-state index is 13.3. The number of carbonyl (C=O) groups excluding carboxylic acids is 1. The topological polar surface area (TPSA) is 42.4 Å². The Hall–Kier alpha value is -1.73. The van der Waals surface area contributed by atoms with Crippen molar-refractivity contribution < 1.29 is 18.3 Å². The van der Waals surface area contributed by atoms with Crippen LogP contribution in [0.2, 0.25) is 0 Å².